The van der Waals surface area contributed by atoms with Crippen molar-refractivity contribution in [3.8, 4) is 12.3 Å². The van der Waals surface area contributed by atoms with Crippen LogP contribution in [0.2, 0.25) is 0 Å². The number of alkyl halides is 1. The quantitative estimate of drug-likeness (QED) is 0.511. The summed E-state index contributed by atoms with van der Waals surface area (Å²) in [6, 6.07) is -0.826. The zero-order valence-electron chi connectivity index (χ0n) is 16.3. The topological polar surface area (TPSA) is 102 Å². The van der Waals surface area contributed by atoms with Crippen LogP contribution in [0, 0.1) is 24.2 Å². The van der Waals surface area contributed by atoms with Gasteiger partial charge in [-0.05, 0) is 13.3 Å². The number of nitrogens with one attached hydrogen (secondary N) is 1. The third-order valence-electron chi connectivity index (χ3n) is 5.13. The molecule has 2 N–H and O–H groups in total. The number of hydrogen-bond acceptors (Lipinski definition) is 5. The van der Waals surface area contributed by atoms with Crippen LogP contribution >= 0.6 is 0 Å². The van der Waals surface area contributed by atoms with Crippen LogP contribution in [0.3, 0.4) is 0 Å². The molecule has 0 radical (unpaired) electrons. The maximum atomic E-state index is 14.9. The standard InChI is InChI=1S/C19H28FNO6/c1-7-9-14(23)21-15-11(4)17(20)19(6,18(24)25)27-16(15)10(3)13(8-2)26-12(5)22/h1,10-11,13,15-17H,8-9H2,2-6H3,(H,21,23)(H,24,25)/t10-,11+,13-,15-,16?,17?,19-/m1/s1. The van der Waals surface area contributed by atoms with Gasteiger partial charge >= 0.3 is 11.9 Å². The second-order valence-corrected chi connectivity index (χ2v) is 7.14. The van der Waals surface area contributed by atoms with Crippen LogP contribution in [0.5, 0.6) is 0 Å². The Kier molecular flexibility index (Phi) is 7.78. The molecule has 0 aromatic carbocycles. The highest BCUT2D eigenvalue weighted by molar-refractivity contribution is 5.80. The van der Waals surface area contributed by atoms with Gasteiger partial charge in [0, 0.05) is 18.8 Å². The Hall–Kier alpha value is -2.14. The molecule has 0 aromatic heterocycles. The Labute approximate surface area is 159 Å². The van der Waals surface area contributed by atoms with Crippen molar-refractivity contribution >= 4 is 17.8 Å². The first-order chi connectivity index (χ1) is 12.5. The summed E-state index contributed by atoms with van der Waals surface area (Å²) in [4.78, 5) is 35.1. The lowest BCUT2D eigenvalue weighted by Crippen LogP contribution is -2.67. The van der Waals surface area contributed by atoms with Gasteiger partial charge in [-0.1, -0.05) is 26.7 Å². The predicted octanol–water partition coefficient (Wildman–Crippen LogP) is 1.69. The molecule has 1 amide bonds. The van der Waals surface area contributed by atoms with Crippen molar-refractivity contribution in [3.05, 3.63) is 0 Å². The molecule has 1 rings (SSSR count). The van der Waals surface area contributed by atoms with Crippen molar-refractivity contribution in [2.24, 2.45) is 11.8 Å². The Balaban J connectivity index is 3.27. The van der Waals surface area contributed by atoms with E-state index in [0.29, 0.717) is 6.42 Å². The average Bonchev–Trinajstić information content (AvgIpc) is 2.59. The second-order valence-electron chi connectivity index (χ2n) is 7.14. The zero-order chi connectivity index (χ0) is 20.9. The van der Waals surface area contributed by atoms with Crippen LogP contribution in [0.25, 0.3) is 0 Å². The number of carboxylic acid groups (broad SMARTS) is 1. The lowest BCUT2D eigenvalue weighted by molar-refractivity contribution is -0.226. The Bertz CT molecular complexity index is 618. The van der Waals surface area contributed by atoms with Gasteiger partial charge in [-0.25, -0.2) is 9.18 Å². The molecule has 1 aliphatic rings. The van der Waals surface area contributed by atoms with Crippen molar-refractivity contribution in [2.75, 3.05) is 0 Å². The van der Waals surface area contributed by atoms with E-state index in [2.05, 4.69) is 11.2 Å². The summed E-state index contributed by atoms with van der Waals surface area (Å²) in [5.41, 5.74) is -2.08. The number of carbonyl (C=O) groups excluding carboxylic acids is 2. The molecular formula is C19H28FNO6. The van der Waals surface area contributed by atoms with Gasteiger partial charge in [-0.15, -0.1) is 6.42 Å². The predicted molar refractivity (Wildman–Crippen MR) is 95.4 cm³/mol. The second kappa shape index (κ2) is 9.18. The lowest BCUT2D eigenvalue weighted by atomic mass is 9.75. The van der Waals surface area contributed by atoms with Gasteiger partial charge < -0.3 is 19.9 Å². The summed E-state index contributed by atoms with van der Waals surface area (Å²) in [5, 5.41) is 12.2. The fourth-order valence-corrected chi connectivity index (χ4v) is 3.54. The molecule has 0 saturated carbocycles. The smallest absolute Gasteiger partial charge is 0.338 e. The third kappa shape index (κ3) is 4.98. The molecule has 0 bridgehead atoms. The summed E-state index contributed by atoms with van der Waals surface area (Å²) < 4.78 is 25.9. The molecule has 27 heavy (non-hydrogen) atoms. The van der Waals surface area contributed by atoms with E-state index >= 15 is 0 Å². The summed E-state index contributed by atoms with van der Waals surface area (Å²) in [6.45, 7) is 7.47. The maximum absolute atomic E-state index is 14.9. The normalized spacial score (nSPS) is 32.6. The van der Waals surface area contributed by atoms with Crippen LogP contribution in [-0.4, -0.2) is 53.0 Å². The highest BCUT2D eigenvalue weighted by atomic mass is 19.1. The molecule has 1 fully saturated rings. The van der Waals surface area contributed by atoms with Crippen molar-refractivity contribution in [1.82, 2.24) is 5.32 Å². The van der Waals surface area contributed by atoms with E-state index in [1.54, 1.807) is 13.8 Å². The molecule has 0 spiro atoms. The number of amides is 1. The largest absolute Gasteiger partial charge is 0.479 e. The summed E-state index contributed by atoms with van der Waals surface area (Å²) in [6.07, 6.45) is 2.07. The number of carboxylic acids is 1. The number of hydrogen-bond donors (Lipinski definition) is 2. The monoisotopic (exact) mass is 385 g/mol. The van der Waals surface area contributed by atoms with Crippen LogP contribution in [-0.2, 0) is 23.9 Å². The number of esters is 1. The lowest BCUT2D eigenvalue weighted by Gasteiger charge is -2.49. The van der Waals surface area contributed by atoms with E-state index in [1.807, 2.05) is 0 Å². The fraction of sp³-hybridized carbons (Fsp3) is 0.737. The minimum Gasteiger partial charge on any atom is -0.479 e. The first-order valence-electron chi connectivity index (χ1n) is 8.94. The molecule has 0 aliphatic carbocycles. The third-order valence-corrected chi connectivity index (χ3v) is 5.13. The van der Waals surface area contributed by atoms with Gasteiger partial charge in [-0.2, -0.15) is 0 Å². The van der Waals surface area contributed by atoms with Crippen LogP contribution in [0.15, 0.2) is 0 Å². The first-order valence-corrected chi connectivity index (χ1v) is 8.94. The van der Waals surface area contributed by atoms with Crippen LogP contribution in [0.4, 0.5) is 4.39 Å². The Morgan fingerprint density at radius 3 is 2.48 bits per heavy atom. The number of carbonyl (C=O) groups is 3. The maximum Gasteiger partial charge on any atom is 0.338 e. The molecular weight excluding hydrogens is 357 g/mol. The molecule has 1 aliphatic heterocycles. The molecule has 0 aromatic rings. The van der Waals surface area contributed by atoms with Crippen molar-refractivity contribution in [3.63, 3.8) is 0 Å². The zero-order valence-corrected chi connectivity index (χ0v) is 16.3. The SMILES string of the molecule is C#CCC(=O)N[C@H]1C([C@H](C)[C@@H](CC)OC(C)=O)O[C@@](C)(C(=O)O)C(F)[C@H]1C. The van der Waals surface area contributed by atoms with Gasteiger partial charge in [0.05, 0.1) is 18.6 Å². The molecule has 1 saturated heterocycles. The van der Waals surface area contributed by atoms with Gasteiger partial charge in [-0.3, -0.25) is 9.59 Å². The van der Waals surface area contributed by atoms with Crippen molar-refractivity contribution in [2.45, 2.75) is 77.5 Å². The van der Waals surface area contributed by atoms with Crippen molar-refractivity contribution < 1.29 is 33.4 Å². The summed E-state index contributed by atoms with van der Waals surface area (Å²) >= 11 is 0. The van der Waals surface area contributed by atoms with E-state index in [0.717, 1.165) is 0 Å². The molecule has 7 nitrogen and oxygen atoms in total. The minimum absolute atomic E-state index is 0.196. The minimum atomic E-state index is -2.08. The highest BCUT2D eigenvalue weighted by Gasteiger charge is 2.57. The van der Waals surface area contributed by atoms with Crippen molar-refractivity contribution in [1.29, 1.82) is 0 Å². The molecule has 1 heterocycles. The molecule has 8 heteroatoms. The van der Waals surface area contributed by atoms with Gasteiger partial charge in [0.25, 0.3) is 0 Å². The number of aliphatic carboxylic acids is 1. The number of halogens is 1. The van der Waals surface area contributed by atoms with E-state index in [4.69, 9.17) is 15.9 Å². The number of terminal acetylenes is 1. The van der Waals surface area contributed by atoms with Crippen LogP contribution in [0.1, 0.15) is 47.5 Å². The molecule has 152 valence electrons. The first kappa shape index (κ1) is 22.9. The molecule has 7 atom stereocenters. The number of ether oxygens (including phenoxy) is 2. The van der Waals surface area contributed by atoms with Gasteiger partial charge in [0.1, 0.15) is 12.3 Å². The van der Waals surface area contributed by atoms with E-state index in [9.17, 15) is 23.9 Å². The Morgan fingerprint density at radius 2 is 2.04 bits per heavy atom. The van der Waals surface area contributed by atoms with E-state index in [-0.39, 0.29) is 6.42 Å². The Morgan fingerprint density at radius 1 is 1.44 bits per heavy atom. The van der Waals surface area contributed by atoms with Gasteiger partial charge in [0.2, 0.25) is 5.91 Å². The van der Waals surface area contributed by atoms with Gasteiger partial charge in [0.15, 0.2) is 5.60 Å². The fourth-order valence-electron chi connectivity index (χ4n) is 3.54. The summed E-state index contributed by atoms with van der Waals surface area (Å²) in [5.74, 6) is -1.55. The summed E-state index contributed by atoms with van der Waals surface area (Å²) in [7, 11) is 0. The molecule has 2 unspecified atom stereocenters. The van der Waals surface area contributed by atoms with E-state index < -0.39 is 59.7 Å². The van der Waals surface area contributed by atoms with Crippen LogP contribution < -0.4 is 5.32 Å². The van der Waals surface area contributed by atoms with E-state index in [1.165, 1.54) is 20.8 Å². The average molecular weight is 385 g/mol. The number of rotatable bonds is 7. The highest BCUT2D eigenvalue weighted by Crippen LogP contribution is 2.39.